The number of hydrogen-bond acceptors (Lipinski definition) is 2. The number of carbonyl (C=O) groups is 1. The number of aliphatic carboxylic acids is 1. The number of hydrogen-bond donors (Lipinski definition) is 1. The van der Waals surface area contributed by atoms with Crippen molar-refractivity contribution in [3.8, 4) is 11.1 Å². The van der Waals surface area contributed by atoms with E-state index in [9.17, 15) is 18.7 Å². The van der Waals surface area contributed by atoms with Gasteiger partial charge in [0.2, 0.25) is 0 Å². The molecule has 1 heterocycles. The third-order valence-electron chi connectivity index (χ3n) is 5.75. The van der Waals surface area contributed by atoms with E-state index in [4.69, 9.17) is 0 Å². The molecule has 30 heavy (non-hydrogen) atoms. The van der Waals surface area contributed by atoms with Gasteiger partial charge in [0, 0.05) is 11.6 Å². The predicted molar refractivity (Wildman–Crippen MR) is 112 cm³/mol. The third-order valence-corrected chi connectivity index (χ3v) is 5.75. The van der Waals surface area contributed by atoms with Gasteiger partial charge in [0.05, 0.1) is 6.04 Å². The maximum Gasteiger partial charge on any atom is 0.320 e. The Kier molecular flexibility index (Phi) is 5.91. The first kappa shape index (κ1) is 20.2. The quantitative estimate of drug-likeness (QED) is 0.593. The summed E-state index contributed by atoms with van der Waals surface area (Å²) in [4.78, 5) is 13.7. The zero-order chi connectivity index (χ0) is 21.1. The van der Waals surface area contributed by atoms with Gasteiger partial charge in [-0.1, -0.05) is 67.1 Å². The number of carboxylic acid groups (broad SMARTS) is 1. The Bertz CT molecular complexity index is 1020. The molecule has 0 bridgehead atoms. The van der Waals surface area contributed by atoms with Crippen LogP contribution in [0, 0.1) is 11.6 Å². The van der Waals surface area contributed by atoms with Crippen molar-refractivity contribution in [3.05, 3.63) is 95.6 Å². The lowest BCUT2D eigenvalue weighted by atomic mass is 9.90. The molecule has 1 aliphatic rings. The molecule has 0 aromatic heterocycles. The van der Waals surface area contributed by atoms with E-state index in [-0.39, 0.29) is 5.56 Å². The average Bonchev–Trinajstić information content (AvgIpc) is 2.77. The monoisotopic (exact) mass is 407 g/mol. The fourth-order valence-corrected chi connectivity index (χ4v) is 4.29. The van der Waals surface area contributed by atoms with E-state index in [1.54, 1.807) is 0 Å². The normalized spacial score (nSPS) is 18.1. The lowest BCUT2D eigenvalue weighted by Gasteiger charge is -2.39. The summed E-state index contributed by atoms with van der Waals surface area (Å²) in [6.07, 6.45) is 2.17. The standard InChI is InChI=1S/C25H23F2NO2/c26-20-13-14-21(22(27)16-20)24(28-15-5-4-8-23(28)25(29)30)19-11-9-18(10-12-19)17-6-2-1-3-7-17/h1-3,6-7,9-14,16,23-24H,4-5,8,15H2,(H,29,30). The van der Waals surface area contributed by atoms with E-state index in [1.165, 1.54) is 12.1 Å². The van der Waals surface area contributed by atoms with Crippen LogP contribution in [0.25, 0.3) is 11.1 Å². The molecular weight excluding hydrogens is 384 g/mol. The van der Waals surface area contributed by atoms with E-state index < -0.39 is 29.7 Å². The number of halogens is 2. The Labute approximate surface area is 174 Å². The fraction of sp³-hybridized carbons (Fsp3) is 0.240. The van der Waals surface area contributed by atoms with E-state index in [1.807, 2.05) is 59.5 Å². The van der Waals surface area contributed by atoms with Gasteiger partial charge in [0.25, 0.3) is 0 Å². The Morgan fingerprint density at radius 1 is 0.933 bits per heavy atom. The molecule has 1 N–H and O–H groups in total. The molecule has 3 aromatic carbocycles. The van der Waals surface area contributed by atoms with Gasteiger partial charge >= 0.3 is 5.97 Å². The van der Waals surface area contributed by atoms with Crippen LogP contribution in [0.4, 0.5) is 8.78 Å². The summed E-state index contributed by atoms with van der Waals surface area (Å²) in [5, 5.41) is 9.76. The second kappa shape index (κ2) is 8.76. The van der Waals surface area contributed by atoms with E-state index >= 15 is 0 Å². The van der Waals surface area contributed by atoms with Gasteiger partial charge in [-0.25, -0.2) is 8.78 Å². The second-order valence-electron chi connectivity index (χ2n) is 7.64. The van der Waals surface area contributed by atoms with E-state index in [0.717, 1.165) is 35.6 Å². The third kappa shape index (κ3) is 4.12. The highest BCUT2D eigenvalue weighted by atomic mass is 19.1. The highest BCUT2D eigenvalue weighted by molar-refractivity contribution is 5.74. The van der Waals surface area contributed by atoms with Gasteiger partial charge in [0.15, 0.2) is 0 Å². The van der Waals surface area contributed by atoms with Gasteiger partial charge in [-0.2, -0.15) is 0 Å². The summed E-state index contributed by atoms with van der Waals surface area (Å²) >= 11 is 0. The second-order valence-corrected chi connectivity index (χ2v) is 7.64. The fourth-order valence-electron chi connectivity index (χ4n) is 4.29. The van der Waals surface area contributed by atoms with Gasteiger partial charge in [-0.05, 0) is 42.1 Å². The molecule has 0 amide bonds. The highest BCUT2D eigenvalue weighted by Gasteiger charge is 2.36. The number of piperidine rings is 1. The van der Waals surface area contributed by atoms with Gasteiger partial charge in [-0.3, -0.25) is 9.69 Å². The summed E-state index contributed by atoms with van der Waals surface area (Å²) in [6.45, 7) is 0.541. The molecule has 2 unspecified atom stereocenters. The molecule has 5 heteroatoms. The number of rotatable bonds is 5. The number of benzene rings is 3. The van der Waals surface area contributed by atoms with Crippen molar-refractivity contribution < 1.29 is 18.7 Å². The van der Waals surface area contributed by atoms with Crippen LogP contribution in [0.1, 0.15) is 36.4 Å². The topological polar surface area (TPSA) is 40.5 Å². The van der Waals surface area contributed by atoms with Crippen molar-refractivity contribution >= 4 is 5.97 Å². The summed E-state index contributed by atoms with van der Waals surface area (Å²) in [7, 11) is 0. The predicted octanol–water partition coefficient (Wildman–Crippen LogP) is 5.66. The molecule has 154 valence electrons. The molecule has 1 aliphatic heterocycles. The average molecular weight is 407 g/mol. The van der Waals surface area contributed by atoms with Crippen LogP contribution in [0.3, 0.4) is 0 Å². The molecule has 1 fully saturated rings. The van der Waals surface area contributed by atoms with Gasteiger partial charge in [0.1, 0.15) is 17.7 Å². The van der Waals surface area contributed by atoms with Crippen molar-refractivity contribution in [1.29, 1.82) is 0 Å². The van der Waals surface area contributed by atoms with Gasteiger partial charge < -0.3 is 5.11 Å². The zero-order valence-electron chi connectivity index (χ0n) is 16.5. The molecule has 0 radical (unpaired) electrons. The van der Waals surface area contributed by atoms with Crippen LogP contribution in [0.15, 0.2) is 72.8 Å². The Morgan fingerprint density at radius 3 is 2.30 bits per heavy atom. The van der Waals surface area contributed by atoms with Crippen molar-refractivity contribution in [3.63, 3.8) is 0 Å². The van der Waals surface area contributed by atoms with Crippen molar-refractivity contribution in [2.45, 2.75) is 31.3 Å². The summed E-state index contributed by atoms with van der Waals surface area (Å²) in [5.74, 6) is -2.23. The Morgan fingerprint density at radius 2 is 1.63 bits per heavy atom. The molecule has 1 saturated heterocycles. The zero-order valence-corrected chi connectivity index (χ0v) is 16.5. The Balaban J connectivity index is 1.78. The van der Waals surface area contributed by atoms with E-state index in [2.05, 4.69) is 0 Å². The summed E-state index contributed by atoms with van der Waals surface area (Å²) < 4.78 is 28.4. The number of nitrogens with zero attached hydrogens (tertiary/aromatic N) is 1. The van der Waals surface area contributed by atoms with Crippen LogP contribution in [-0.2, 0) is 4.79 Å². The van der Waals surface area contributed by atoms with Crippen LogP contribution >= 0.6 is 0 Å². The first-order valence-corrected chi connectivity index (χ1v) is 10.1. The van der Waals surface area contributed by atoms with Crippen LogP contribution < -0.4 is 0 Å². The van der Waals surface area contributed by atoms with Crippen LogP contribution in [0.5, 0.6) is 0 Å². The number of likely N-dealkylation sites (tertiary alicyclic amines) is 1. The maximum absolute atomic E-state index is 14.8. The molecule has 2 atom stereocenters. The lowest BCUT2D eigenvalue weighted by Crippen LogP contribution is -2.47. The van der Waals surface area contributed by atoms with Crippen molar-refractivity contribution in [2.75, 3.05) is 6.54 Å². The SMILES string of the molecule is O=C(O)C1CCCCN1C(c1ccc(-c2ccccc2)cc1)c1ccc(F)cc1F. The first-order chi connectivity index (χ1) is 14.5. The minimum atomic E-state index is -0.914. The van der Waals surface area contributed by atoms with E-state index in [0.29, 0.717) is 13.0 Å². The lowest BCUT2D eigenvalue weighted by molar-refractivity contribution is -0.145. The smallest absolute Gasteiger partial charge is 0.320 e. The largest absolute Gasteiger partial charge is 0.480 e. The minimum Gasteiger partial charge on any atom is -0.480 e. The molecule has 0 saturated carbocycles. The molecule has 0 spiro atoms. The molecule has 3 nitrogen and oxygen atoms in total. The molecule has 0 aliphatic carbocycles. The van der Waals surface area contributed by atoms with Crippen molar-refractivity contribution in [1.82, 2.24) is 4.90 Å². The first-order valence-electron chi connectivity index (χ1n) is 10.1. The maximum atomic E-state index is 14.8. The number of carboxylic acids is 1. The Hall–Kier alpha value is -3.05. The molecular formula is C25H23F2NO2. The van der Waals surface area contributed by atoms with Crippen LogP contribution in [-0.4, -0.2) is 28.6 Å². The summed E-state index contributed by atoms with van der Waals surface area (Å²) in [5.41, 5.74) is 3.16. The molecule has 4 rings (SSSR count). The summed E-state index contributed by atoms with van der Waals surface area (Å²) in [6, 6.07) is 19.8. The molecule has 3 aromatic rings. The van der Waals surface area contributed by atoms with Crippen molar-refractivity contribution in [2.24, 2.45) is 0 Å². The van der Waals surface area contributed by atoms with Gasteiger partial charge in [-0.15, -0.1) is 0 Å². The van der Waals surface area contributed by atoms with Crippen LogP contribution in [0.2, 0.25) is 0 Å². The highest BCUT2D eigenvalue weighted by Crippen LogP contribution is 2.36. The minimum absolute atomic E-state index is 0.289.